The lowest BCUT2D eigenvalue weighted by Crippen LogP contribution is -2.47. The summed E-state index contributed by atoms with van der Waals surface area (Å²) in [6.45, 7) is 10.1. The lowest BCUT2D eigenvalue weighted by atomic mass is 9.82. The van der Waals surface area contributed by atoms with Crippen molar-refractivity contribution in [1.29, 1.82) is 0 Å². The predicted molar refractivity (Wildman–Crippen MR) is 95.2 cm³/mol. The molecule has 130 valence electrons. The van der Waals surface area contributed by atoms with E-state index in [1.165, 1.54) is 0 Å². The Balaban J connectivity index is 2.66. The monoisotopic (exact) mass is 359 g/mol. The lowest BCUT2D eigenvalue weighted by Gasteiger charge is -2.33. The third-order valence-corrected chi connectivity index (χ3v) is 4.83. The van der Waals surface area contributed by atoms with Gasteiger partial charge in [0.25, 0.3) is 0 Å². The van der Waals surface area contributed by atoms with Crippen molar-refractivity contribution >= 4 is 27.3 Å². The maximum Gasteiger partial charge on any atom is 0.235 e. The largest absolute Gasteiger partial charge is 0.350 e. The number of nitrogens with one attached hydrogen (secondary N) is 1. The summed E-state index contributed by atoms with van der Waals surface area (Å²) in [5.41, 5.74) is 0.209. The molecule has 0 bridgehead atoms. The van der Waals surface area contributed by atoms with E-state index in [1.54, 1.807) is 24.3 Å². The fourth-order valence-electron chi connectivity index (χ4n) is 2.87. The quantitative estimate of drug-likeness (QED) is 0.844. The minimum atomic E-state index is -3.52. The van der Waals surface area contributed by atoms with Gasteiger partial charge >= 0.3 is 0 Å². The number of rotatable bonds is 6. The van der Waals surface area contributed by atoms with Crippen molar-refractivity contribution in [3.63, 3.8) is 0 Å². The van der Waals surface area contributed by atoms with E-state index in [0.717, 1.165) is 6.42 Å². The highest BCUT2D eigenvalue weighted by atomic mass is 35.5. The van der Waals surface area contributed by atoms with E-state index < -0.39 is 27.0 Å². The van der Waals surface area contributed by atoms with Crippen molar-refractivity contribution in [3.8, 4) is 0 Å². The molecule has 0 aliphatic rings. The summed E-state index contributed by atoms with van der Waals surface area (Å²) in [5, 5.41) is 3.37. The summed E-state index contributed by atoms with van der Waals surface area (Å²) in [6, 6.07) is 6.58. The normalized spacial score (nSPS) is 13.0. The van der Waals surface area contributed by atoms with Gasteiger partial charge in [-0.05, 0) is 43.4 Å². The molecule has 1 amide bonds. The molecule has 0 aromatic heterocycles. The zero-order chi connectivity index (χ0) is 17.9. The van der Waals surface area contributed by atoms with E-state index in [4.69, 9.17) is 11.6 Å². The molecule has 0 fully saturated rings. The Kier molecular flexibility index (Phi) is 6.27. The molecule has 6 heteroatoms. The van der Waals surface area contributed by atoms with Gasteiger partial charge in [0.15, 0.2) is 9.84 Å². The van der Waals surface area contributed by atoms with Crippen LogP contribution in [0.5, 0.6) is 0 Å². The average molecular weight is 360 g/mol. The second-order valence-electron chi connectivity index (χ2n) is 7.83. The second kappa shape index (κ2) is 7.22. The van der Waals surface area contributed by atoms with Crippen LogP contribution in [-0.4, -0.2) is 25.6 Å². The Bertz CT molecular complexity index is 643. The first kappa shape index (κ1) is 20.0. The molecule has 0 heterocycles. The summed E-state index contributed by atoms with van der Waals surface area (Å²) in [6.07, 6.45) is 0.753. The van der Waals surface area contributed by atoms with Crippen LogP contribution in [-0.2, 0) is 20.4 Å². The first-order chi connectivity index (χ1) is 10.3. The van der Waals surface area contributed by atoms with Crippen LogP contribution in [0.15, 0.2) is 24.3 Å². The van der Waals surface area contributed by atoms with E-state index >= 15 is 0 Å². The lowest BCUT2D eigenvalue weighted by molar-refractivity contribution is -0.120. The molecule has 1 rings (SSSR count). The van der Waals surface area contributed by atoms with Crippen molar-refractivity contribution in [3.05, 3.63) is 34.9 Å². The molecule has 0 aliphatic carbocycles. The van der Waals surface area contributed by atoms with Crippen LogP contribution in [0.1, 0.15) is 46.6 Å². The first-order valence-corrected chi connectivity index (χ1v) is 9.74. The molecule has 4 nitrogen and oxygen atoms in total. The molecule has 1 aromatic rings. The topological polar surface area (TPSA) is 63.2 Å². The van der Waals surface area contributed by atoms with Crippen molar-refractivity contribution < 1.29 is 13.2 Å². The molecule has 0 atom stereocenters. The van der Waals surface area contributed by atoms with Gasteiger partial charge < -0.3 is 5.32 Å². The number of amides is 1. The van der Waals surface area contributed by atoms with Gasteiger partial charge in [0.1, 0.15) is 5.75 Å². The fraction of sp³-hybridized carbons (Fsp3) is 0.588. The standard InChI is InChI=1S/C17H26ClNO3S/c1-16(2,3)12-17(4,5)19-15(20)11-23(21,22)10-13-6-8-14(18)9-7-13/h6-9H,10-12H2,1-5H3,(H,19,20). The Morgan fingerprint density at radius 3 is 2.09 bits per heavy atom. The summed E-state index contributed by atoms with van der Waals surface area (Å²) >= 11 is 5.78. The van der Waals surface area contributed by atoms with E-state index in [2.05, 4.69) is 26.1 Å². The van der Waals surface area contributed by atoms with Crippen LogP contribution in [0.4, 0.5) is 0 Å². The van der Waals surface area contributed by atoms with Crippen molar-refractivity contribution in [1.82, 2.24) is 5.32 Å². The van der Waals surface area contributed by atoms with Crippen LogP contribution in [0.3, 0.4) is 0 Å². The number of halogens is 1. The fourth-order valence-corrected chi connectivity index (χ4v) is 4.27. The number of carbonyl (C=O) groups excluding carboxylic acids is 1. The van der Waals surface area contributed by atoms with E-state index in [9.17, 15) is 13.2 Å². The van der Waals surface area contributed by atoms with Gasteiger partial charge in [0.05, 0.1) is 5.75 Å². The van der Waals surface area contributed by atoms with E-state index in [-0.39, 0.29) is 11.2 Å². The smallest absolute Gasteiger partial charge is 0.235 e. The molecular formula is C17H26ClNO3S. The Hall–Kier alpha value is -1.07. The van der Waals surface area contributed by atoms with Crippen molar-refractivity contribution in [2.75, 3.05) is 5.75 Å². The number of carbonyl (C=O) groups is 1. The zero-order valence-corrected chi connectivity index (χ0v) is 16.0. The Morgan fingerprint density at radius 1 is 1.09 bits per heavy atom. The van der Waals surface area contributed by atoms with Gasteiger partial charge in [-0.25, -0.2) is 8.42 Å². The van der Waals surface area contributed by atoms with Gasteiger partial charge in [-0.1, -0.05) is 44.5 Å². The maximum absolute atomic E-state index is 12.2. The Morgan fingerprint density at radius 2 is 1.61 bits per heavy atom. The molecule has 0 spiro atoms. The van der Waals surface area contributed by atoms with Gasteiger partial charge in [-0.2, -0.15) is 0 Å². The molecule has 0 saturated carbocycles. The Labute approximate surface area is 144 Å². The number of hydrogen-bond donors (Lipinski definition) is 1. The highest BCUT2D eigenvalue weighted by Gasteiger charge is 2.28. The SMILES string of the molecule is CC(C)(C)CC(C)(C)NC(=O)CS(=O)(=O)Cc1ccc(Cl)cc1. The number of hydrogen-bond acceptors (Lipinski definition) is 3. The van der Waals surface area contributed by atoms with Crippen molar-refractivity contribution in [2.24, 2.45) is 5.41 Å². The van der Waals surface area contributed by atoms with Crippen LogP contribution in [0.2, 0.25) is 5.02 Å². The highest BCUT2D eigenvalue weighted by molar-refractivity contribution is 7.91. The summed E-state index contributed by atoms with van der Waals surface area (Å²) in [7, 11) is -3.52. The van der Waals surface area contributed by atoms with Crippen LogP contribution in [0, 0.1) is 5.41 Å². The molecule has 23 heavy (non-hydrogen) atoms. The minimum absolute atomic E-state index is 0.0406. The minimum Gasteiger partial charge on any atom is -0.350 e. The van der Waals surface area contributed by atoms with Crippen LogP contribution < -0.4 is 5.32 Å². The molecular weight excluding hydrogens is 334 g/mol. The molecule has 1 N–H and O–H groups in total. The van der Waals surface area contributed by atoms with Gasteiger partial charge in [-0.15, -0.1) is 0 Å². The number of sulfone groups is 1. The predicted octanol–water partition coefficient (Wildman–Crippen LogP) is 3.59. The number of benzene rings is 1. The summed E-state index contributed by atoms with van der Waals surface area (Å²) < 4.78 is 24.3. The average Bonchev–Trinajstić information content (AvgIpc) is 2.26. The van der Waals surface area contributed by atoms with Gasteiger partial charge in [-0.3, -0.25) is 4.79 Å². The summed E-state index contributed by atoms with van der Waals surface area (Å²) in [5.74, 6) is -1.14. The maximum atomic E-state index is 12.2. The second-order valence-corrected chi connectivity index (χ2v) is 10.3. The van der Waals surface area contributed by atoms with E-state index in [0.29, 0.717) is 10.6 Å². The molecule has 0 aliphatic heterocycles. The molecule has 1 aromatic carbocycles. The highest BCUT2D eigenvalue weighted by Crippen LogP contribution is 2.26. The van der Waals surface area contributed by atoms with Gasteiger partial charge in [0.2, 0.25) is 5.91 Å². The third kappa shape index (κ3) is 8.37. The van der Waals surface area contributed by atoms with E-state index in [1.807, 2.05) is 13.8 Å². The molecule has 0 saturated heterocycles. The van der Waals surface area contributed by atoms with Gasteiger partial charge in [0, 0.05) is 10.6 Å². The summed E-state index contributed by atoms with van der Waals surface area (Å²) in [4.78, 5) is 12.1. The third-order valence-electron chi connectivity index (χ3n) is 3.10. The van der Waals surface area contributed by atoms with Crippen LogP contribution >= 0.6 is 11.6 Å². The molecule has 0 radical (unpaired) electrons. The van der Waals surface area contributed by atoms with Crippen LogP contribution in [0.25, 0.3) is 0 Å². The van der Waals surface area contributed by atoms with Crippen molar-refractivity contribution in [2.45, 2.75) is 52.3 Å². The molecule has 0 unspecified atom stereocenters. The zero-order valence-electron chi connectivity index (χ0n) is 14.4. The first-order valence-electron chi connectivity index (χ1n) is 7.54.